The molecule has 0 aliphatic heterocycles. The summed E-state index contributed by atoms with van der Waals surface area (Å²) in [5.74, 6) is -0.00203. The fraction of sp³-hybridized carbons (Fsp3) is 0.143. The van der Waals surface area contributed by atoms with Gasteiger partial charge in [-0.2, -0.15) is 0 Å². The summed E-state index contributed by atoms with van der Waals surface area (Å²) in [4.78, 5) is 0. The van der Waals surface area contributed by atoms with E-state index < -0.39 is 5.82 Å². The third kappa shape index (κ3) is 3.26. The molecule has 0 aliphatic carbocycles. The molecule has 19 heavy (non-hydrogen) atoms. The van der Waals surface area contributed by atoms with Crippen LogP contribution in [-0.4, -0.2) is 0 Å². The highest BCUT2D eigenvalue weighted by Crippen LogP contribution is 2.34. The van der Waals surface area contributed by atoms with Crippen LogP contribution in [0.2, 0.25) is 5.02 Å². The molecule has 0 bridgehead atoms. The van der Waals surface area contributed by atoms with E-state index in [2.05, 4.69) is 15.9 Å². The van der Waals surface area contributed by atoms with E-state index in [0.717, 1.165) is 10.0 Å². The largest absolute Gasteiger partial charge is 0.454 e. The molecule has 0 saturated carbocycles. The predicted octanol–water partition coefficient (Wildman–Crippen LogP) is 5.05. The van der Waals surface area contributed by atoms with Gasteiger partial charge in [-0.3, -0.25) is 0 Å². The number of benzene rings is 2. The van der Waals surface area contributed by atoms with Crippen LogP contribution in [0.5, 0.6) is 11.5 Å². The van der Waals surface area contributed by atoms with E-state index in [1.165, 1.54) is 12.1 Å². The minimum absolute atomic E-state index is 0.0230. The highest BCUT2D eigenvalue weighted by Gasteiger charge is 2.13. The van der Waals surface area contributed by atoms with Crippen LogP contribution >= 0.6 is 27.5 Å². The average molecular weight is 345 g/mol. The second kappa shape index (κ2) is 5.90. The van der Waals surface area contributed by atoms with Crippen molar-refractivity contribution in [3.63, 3.8) is 0 Å². The van der Waals surface area contributed by atoms with E-state index >= 15 is 0 Å². The van der Waals surface area contributed by atoms with Crippen LogP contribution in [0.25, 0.3) is 0 Å². The second-order valence-electron chi connectivity index (χ2n) is 4.12. The van der Waals surface area contributed by atoms with E-state index in [0.29, 0.717) is 5.75 Å². The van der Waals surface area contributed by atoms with E-state index in [9.17, 15) is 4.39 Å². The lowest BCUT2D eigenvalue weighted by Gasteiger charge is -2.14. The van der Waals surface area contributed by atoms with Gasteiger partial charge in [0.2, 0.25) is 0 Å². The molecule has 0 heterocycles. The van der Waals surface area contributed by atoms with Crippen LogP contribution in [0.4, 0.5) is 4.39 Å². The lowest BCUT2D eigenvalue weighted by atomic mass is 10.1. The Hall–Kier alpha value is -1.10. The molecule has 5 heteroatoms. The van der Waals surface area contributed by atoms with Gasteiger partial charge in [0.25, 0.3) is 0 Å². The Balaban J connectivity index is 2.42. The van der Waals surface area contributed by atoms with E-state index in [1.54, 1.807) is 12.1 Å². The molecule has 0 radical (unpaired) electrons. The van der Waals surface area contributed by atoms with Gasteiger partial charge in [0.1, 0.15) is 5.75 Å². The molecule has 2 N–H and O–H groups in total. The number of halogens is 3. The van der Waals surface area contributed by atoms with Crippen molar-refractivity contribution >= 4 is 27.5 Å². The van der Waals surface area contributed by atoms with Crippen molar-refractivity contribution < 1.29 is 9.13 Å². The molecular formula is C14H12BrClFNO. The number of hydrogen-bond donors (Lipinski definition) is 1. The molecule has 0 spiro atoms. The SMILES string of the molecule is CC(N)c1ccc(Br)cc1Oc1cccc(Cl)c1F. The van der Waals surface area contributed by atoms with Crippen LogP contribution in [0.15, 0.2) is 40.9 Å². The fourth-order valence-electron chi connectivity index (χ4n) is 1.65. The van der Waals surface area contributed by atoms with Crippen LogP contribution in [-0.2, 0) is 0 Å². The van der Waals surface area contributed by atoms with E-state index in [-0.39, 0.29) is 16.8 Å². The minimum atomic E-state index is -0.584. The molecule has 0 aromatic heterocycles. The summed E-state index contributed by atoms with van der Waals surface area (Å²) >= 11 is 9.08. The molecule has 2 rings (SSSR count). The lowest BCUT2D eigenvalue weighted by Crippen LogP contribution is -2.06. The molecular weight excluding hydrogens is 333 g/mol. The van der Waals surface area contributed by atoms with Crippen molar-refractivity contribution in [2.24, 2.45) is 5.73 Å². The normalized spacial score (nSPS) is 12.3. The van der Waals surface area contributed by atoms with Crippen molar-refractivity contribution in [3.05, 3.63) is 57.3 Å². The smallest absolute Gasteiger partial charge is 0.184 e. The lowest BCUT2D eigenvalue weighted by molar-refractivity contribution is 0.435. The first-order valence-corrected chi connectivity index (χ1v) is 6.83. The molecule has 1 unspecified atom stereocenters. The van der Waals surface area contributed by atoms with Gasteiger partial charge in [0.05, 0.1) is 5.02 Å². The molecule has 2 aromatic carbocycles. The third-order valence-corrected chi connectivity index (χ3v) is 3.39. The first-order valence-electron chi connectivity index (χ1n) is 5.66. The second-order valence-corrected chi connectivity index (χ2v) is 5.45. The highest BCUT2D eigenvalue weighted by atomic mass is 79.9. The maximum Gasteiger partial charge on any atom is 0.184 e. The van der Waals surface area contributed by atoms with Gasteiger partial charge < -0.3 is 10.5 Å². The van der Waals surface area contributed by atoms with Crippen LogP contribution in [0, 0.1) is 5.82 Å². The van der Waals surface area contributed by atoms with Crippen LogP contribution in [0.3, 0.4) is 0 Å². The number of rotatable bonds is 3. The van der Waals surface area contributed by atoms with Gasteiger partial charge >= 0.3 is 0 Å². The number of ether oxygens (including phenoxy) is 1. The van der Waals surface area contributed by atoms with Crippen LogP contribution < -0.4 is 10.5 Å². The Bertz CT molecular complexity index is 604. The standard InChI is InChI=1S/C14H12BrClFNO/c1-8(18)10-6-5-9(15)7-13(10)19-12-4-2-3-11(16)14(12)17/h2-8H,18H2,1H3. The summed E-state index contributed by atoms with van der Waals surface area (Å²) in [6, 6.07) is 9.85. The third-order valence-electron chi connectivity index (χ3n) is 2.60. The summed E-state index contributed by atoms with van der Waals surface area (Å²) in [6.07, 6.45) is 0. The van der Waals surface area contributed by atoms with Crippen LogP contribution in [0.1, 0.15) is 18.5 Å². The number of nitrogens with two attached hydrogens (primary N) is 1. The molecule has 2 aromatic rings. The van der Waals surface area contributed by atoms with Crippen molar-refractivity contribution in [3.8, 4) is 11.5 Å². The predicted molar refractivity (Wildman–Crippen MR) is 78.2 cm³/mol. The Kier molecular flexibility index (Phi) is 4.45. The summed E-state index contributed by atoms with van der Waals surface area (Å²) < 4.78 is 20.2. The first kappa shape index (κ1) is 14.3. The molecule has 0 amide bonds. The number of hydrogen-bond acceptors (Lipinski definition) is 2. The van der Waals surface area contributed by atoms with Crippen molar-refractivity contribution in [1.82, 2.24) is 0 Å². The Labute approximate surface area is 124 Å². The van der Waals surface area contributed by atoms with Crippen molar-refractivity contribution in [2.45, 2.75) is 13.0 Å². The Morgan fingerprint density at radius 2 is 2.00 bits per heavy atom. The first-order chi connectivity index (χ1) is 8.99. The van der Waals surface area contributed by atoms with Gasteiger partial charge in [-0.25, -0.2) is 4.39 Å². The van der Waals surface area contributed by atoms with E-state index in [4.69, 9.17) is 22.1 Å². The van der Waals surface area contributed by atoms with Crippen molar-refractivity contribution in [1.29, 1.82) is 0 Å². The zero-order valence-corrected chi connectivity index (χ0v) is 12.5. The zero-order chi connectivity index (χ0) is 14.0. The van der Waals surface area contributed by atoms with E-state index in [1.807, 2.05) is 19.1 Å². The zero-order valence-electron chi connectivity index (χ0n) is 10.2. The van der Waals surface area contributed by atoms with Gasteiger partial charge in [-0.05, 0) is 31.2 Å². The fourth-order valence-corrected chi connectivity index (χ4v) is 2.16. The highest BCUT2D eigenvalue weighted by molar-refractivity contribution is 9.10. The van der Waals surface area contributed by atoms with Gasteiger partial charge in [-0.15, -0.1) is 0 Å². The molecule has 1 atom stereocenters. The maximum atomic E-state index is 13.8. The molecule has 100 valence electrons. The van der Waals surface area contributed by atoms with Gasteiger partial charge in [0, 0.05) is 16.1 Å². The average Bonchev–Trinajstić information content (AvgIpc) is 2.35. The Morgan fingerprint density at radius 3 is 2.68 bits per heavy atom. The maximum absolute atomic E-state index is 13.8. The summed E-state index contributed by atoms with van der Waals surface area (Å²) in [5, 5.41) is 0.0230. The molecule has 0 aliphatic rings. The molecule has 2 nitrogen and oxygen atoms in total. The summed E-state index contributed by atoms with van der Waals surface area (Å²) in [5.41, 5.74) is 6.67. The molecule has 0 saturated heterocycles. The monoisotopic (exact) mass is 343 g/mol. The molecule has 0 fully saturated rings. The van der Waals surface area contributed by atoms with Gasteiger partial charge in [0.15, 0.2) is 11.6 Å². The Morgan fingerprint density at radius 1 is 1.26 bits per heavy atom. The summed E-state index contributed by atoms with van der Waals surface area (Å²) in [7, 11) is 0. The van der Waals surface area contributed by atoms with Gasteiger partial charge in [-0.1, -0.05) is 39.7 Å². The quantitative estimate of drug-likeness (QED) is 0.845. The van der Waals surface area contributed by atoms with Crippen molar-refractivity contribution in [2.75, 3.05) is 0 Å². The minimum Gasteiger partial charge on any atom is -0.454 e. The summed E-state index contributed by atoms with van der Waals surface area (Å²) in [6.45, 7) is 1.84. The topological polar surface area (TPSA) is 35.2 Å².